The molecule has 0 amide bonds. The molecule has 2 aromatic rings. The molecule has 1 heteroatoms. The Kier molecular flexibility index (Phi) is 1.78. The van der Waals surface area contributed by atoms with E-state index in [0.717, 1.165) is 0 Å². The number of rotatable bonds is 1. The van der Waals surface area contributed by atoms with Crippen LogP contribution >= 0.6 is 11.3 Å². The molecule has 0 saturated carbocycles. The van der Waals surface area contributed by atoms with E-state index in [1.165, 1.54) is 21.6 Å². The summed E-state index contributed by atoms with van der Waals surface area (Å²) in [7, 11) is 0. The summed E-state index contributed by atoms with van der Waals surface area (Å²) in [6.07, 6.45) is 4.39. The smallest absolute Gasteiger partial charge is 0.0345 e. The van der Waals surface area contributed by atoms with Crippen LogP contribution < -0.4 is 0 Å². The highest BCUT2D eigenvalue weighted by molar-refractivity contribution is 7.11. The lowest BCUT2D eigenvalue weighted by Crippen LogP contribution is -1.82. The highest BCUT2D eigenvalue weighted by atomic mass is 32.1. The predicted molar refractivity (Wildman–Crippen MR) is 61.2 cm³/mol. The van der Waals surface area contributed by atoms with Crippen LogP contribution in [-0.4, -0.2) is 0 Å². The lowest BCUT2D eigenvalue weighted by atomic mass is 10.1. The van der Waals surface area contributed by atoms with Crippen molar-refractivity contribution >= 4 is 16.9 Å². The molecule has 1 heterocycles. The molecule has 0 spiro atoms. The maximum Gasteiger partial charge on any atom is 0.0345 e. The molecular formula is C13H9S. The van der Waals surface area contributed by atoms with E-state index < -0.39 is 0 Å². The minimum Gasteiger partial charge on any atom is -0.144 e. The van der Waals surface area contributed by atoms with Gasteiger partial charge in [0.05, 0.1) is 0 Å². The van der Waals surface area contributed by atoms with Crippen LogP contribution in [0, 0.1) is 6.42 Å². The van der Waals surface area contributed by atoms with Gasteiger partial charge in [0, 0.05) is 11.3 Å². The Labute approximate surface area is 87.5 Å². The maximum atomic E-state index is 2.20. The lowest BCUT2D eigenvalue weighted by molar-refractivity contribution is 1.54. The van der Waals surface area contributed by atoms with Crippen molar-refractivity contribution in [2.75, 3.05) is 0 Å². The number of hydrogen-bond acceptors (Lipinski definition) is 1. The second-order valence-electron chi connectivity index (χ2n) is 3.31. The minimum atomic E-state index is 1.33. The van der Waals surface area contributed by atoms with Crippen LogP contribution in [-0.2, 0) is 0 Å². The van der Waals surface area contributed by atoms with Gasteiger partial charge < -0.3 is 0 Å². The third-order valence-electron chi connectivity index (χ3n) is 2.47. The van der Waals surface area contributed by atoms with Crippen LogP contribution in [0.15, 0.2) is 47.9 Å². The molecule has 1 aromatic carbocycles. The molecule has 0 fully saturated rings. The fourth-order valence-corrected chi connectivity index (χ4v) is 2.56. The van der Waals surface area contributed by atoms with Crippen molar-refractivity contribution in [3.05, 3.63) is 70.3 Å². The van der Waals surface area contributed by atoms with E-state index in [0.29, 0.717) is 0 Å². The SMILES string of the molecule is [CH]1C=C(c2cccs2)c2ccccc21. The molecule has 1 aliphatic rings. The van der Waals surface area contributed by atoms with Gasteiger partial charge in [-0.05, 0) is 28.1 Å². The van der Waals surface area contributed by atoms with Crippen LogP contribution in [0.4, 0.5) is 0 Å². The zero-order chi connectivity index (χ0) is 9.38. The molecule has 0 saturated heterocycles. The normalized spacial score (nSPS) is 13.9. The van der Waals surface area contributed by atoms with Crippen molar-refractivity contribution < 1.29 is 0 Å². The highest BCUT2D eigenvalue weighted by Gasteiger charge is 2.14. The number of fused-ring (bicyclic) bond motifs is 1. The lowest BCUT2D eigenvalue weighted by Gasteiger charge is -2.02. The maximum absolute atomic E-state index is 2.20. The van der Waals surface area contributed by atoms with Gasteiger partial charge in [0.25, 0.3) is 0 Å². The van der Waals surface area contributed by atoms with Crippen LogP contribution in [0.3, 0.4) is 0 Å². The van der Waals surface area contributed by atoms with Crippen molar-refractivity contribution in [1.29, 1.82) is 0 Å². The predicted octanol–water partition coefficient (Wildman–Crippen LogP) is 3.75. The Morgan fingerprint density at radius 3 is 2.71 bits per heavy atom. The molecule has 67 valence electrons. The van der Waals surface area contributed by atoms with Gasteiger partial charge in [-0.3, -0.25) is 0 Å². The largest absolute Gasteiger partial charge is 0.144 e. The first-order valence-corrected chi connectivity index (χ1v) is 5.51. The second kappa shape index (κ2) is 3.10. The quantitative estimate of drug-likeness (QED) is 0.653. The van der Waals surface area contributed by atoms with E-state index in [9.17, 15) is 0 Å². The molecule has 1 aliphatic carbocycles. The Morgan fingerprint density at radius 1 is 0.929 bits per heavy atom. The molecule has 0 nitrogen and oxygen atoms in total. The summed E-state index contributed by atoms with van der Waals surface area (Å²) in [6.45, 7) is 0. The summed E-state index contributed by atoms with van der Waals surface area (Å²) in [5, 5.41) is 2.12. The van der Waals surface area contributed by atoms with Gasteiger partial charge in [-0.1, -0.05) is 36.4 Å². The molecule has 1 aromatic heterocycles. The first-order chi connectivity index (χ1) is 6.95. The standard InChI is InChI=1S/C13H9S/c1-2-5-11-10(4-1)7-8-12(11)13-6-3-9-14-13/h1-9H. The number of allylic oxidation sites excluding steroid dienone is 1. The zero-order valence-electron chi connectivity index (χ0n) is 7.60. The first-order valence-electron chi connectivity index (χ1n) is 4.63. The summed E-state index contributed by atoms with van der Waals surface area (Å²) in [4.78, 5) is 1.35. The highest BCUT2D eigenvalue weighted by Crippen LogP contribution is 2.35. The molecular weight excluding hydrogens is 188 g/mol. The van der Waals surface area contributed by atoms with E-state index in [-0.39, 0.29) is 0 Å². The monoisotopic (exact) mass is 197 g/mol. The van der Waals surface area contributed by atoms with Gasteiger partial charge in [0.2, 0.25) is 0 Å². The first kappa shape index (κ1) is 8.01. The van der Waals surface area contributed by atoms with Crippen molar-refractivity contribution in [3.63, 3.8) is 0 Å². The van der Waals surface area contributed by atoms with Gasteiger partial charge in [0.1, 0.15) is 0 Å². The fourth-order valence-electron chi connectivity index (χ4n) is 1.80. The van der Waals surface area contributed by atoms with Crippen molar-refractivity contribution in [3.8, 4) is 0 Å². The molecule has 0 unspecified atom stereocenters. The van der Waals surface area contributed by atoms with Gasteiger partial charge in [-0.25, -0.2) is 0 Å². The topological polar surface area (TPSA) is 0 Å². The van der Waals surface area contributed by atoms with E-state index in [1.807, 2.05) is 0 Å². The average molecular weight is 197 g/mol. The molecule has 14 heavy (non-hydrogen) atoms. The van der Waals surface area contributed by atoms with Crippen molar-refractivity contribution in [2.45, 2.75) is 0 Å². The fraction of sp³-hybridized carbons (Fsp3) is 0. The Bertz CT molecular complexity index is 478. The third kappa shape index (κ3) is 1.13. The summed E-state index contributed by atoms with van der Waals surface area (Å²) >= 11 is 1.80. The van der Waals surface area contributed by atoms with Crippen LogP contribution in [0.25, 0.3) is 5.57 Å². The third-order valence-corrected chi connectivity index (χ3v) is 3.37. The second-order valence-corrected chi connectivity index (χ2v) is 4.26. The average Bonchev–Trinajstić information content (AvgIpc) is 2.85. The van der Waals surface area contributed by atoms with Gasteiger partial charge >= 0.3 is 0 Å². The summed E-state index contributed by atoms with van der Waals surface area (Å²) in [5.74, 6) is 0. The molecule has 1 radical (unpaired) electrons. The van der Waals surface area contributed by atoms with E-state index in [2.05, 4.69) is 54.3 Å². The van der Waals surface area contributed by atoms with E-state index in [1.54, 1.807) is 11.3 Å². The van der Waals surface area contributed by atoms with Gasteiger partial charge in [-0.15, -0.1) is 11.3 Å². The molecule has 3 rings (SSSR count). The Balaban J connectivity index is 2.14. The molecule has 0 aliphatic heterocycles. The van der Waals surface area contributed by atoms with Crippen LogP contribution in [0.2, 0.25) is 0 Å². The molecule has 0 N–H and O–H groups in total. The van der Waals surface area contributed by atoms with Gasteiger partial charge in [0.15, 0.2) is 0 Å². The number of benzene rings is 1. The zero-order valence-corrected chi connectivity index (χ0v) is 8.42. The number of hydrogen-bond donors (Lipinski definition) is 0. The summed E-state index contributed by atoms with van der Waals surface area (Å²) in [5.41, 5.74) is 4.04. The van der Waals surface area contributed by atoms with Gasteiger partial charge in [-0.2, -0.15) is 0 Å². The summed E-state index contributed by atoms with van der Waals surface area (Å²) in [6, 6.07) is 12.8. The minimum absolute atomic E-state index is 1.33. The Hall–Kier alpha value is -1.34. The molecule has 0 atom stereocenters. The summed E-state index contributed by atoms with van der Waals surface area (Å²) < 4.78 is 0. The van der Waals surface area contributed by atoms with Crippen LogP contribution in [0.1, 0.15) is 16.0 Å². The van der Waals surface area contributed by atoms with E-state index >= 15 is 0 Å². The number of thiophene rings is 1. The molecule has 0 bridgehead atoms. The Morgan fingerprint density at radius 2 is 1.86 bits per heavy atom. The van der Waals surface area contributed by atoms with Crippen molar-refractivity contribution in [2.24, 2.45) is 0 Å². The van der Waals surface area contributed by atoms with E-state index in [4.69, 9.17) is 0 Å². The van der Waals surface area contributed by atoms with Crippen LogP contribution in [0.5, 0.6) is 0 Å². The van der Waals surface area contributed by atoms with Crippen molar-refractivity contribution in [1.82, 2.24) is 0 Å².